The average molecular weight is 348 g/mol. The molecule has 0 radical (unpaired) electrons. The fraction of sp³-hybridized carbons (Fsp3) is 0.158. The van der Waals surface area contributed by atoms with Gasteiger partial charge >= 0.3 is 0 Å². The Hall–Kier alpha value is -3.48. The largest absolute Gasteiger partial charge is 0.376 e. The first-order chi connectivity index (χ1) is 12.6. The Labute approximate surface area is 151 Å². The molecule has 0 atom stereocenters. The van der Waals surface area contributed by atoms with Crippen molar-refractivity contribution >= 4 is 17.3 Å². The van der Waals surface area contributed by atoms with E-state index < -0.39 is 0 Å². The normalized spacial score (nSPS) is 11.2. The zero-order valence-corrected chi connectivity index (χ0v) is 14.7. The summed E-state index contributed by atoms with van der Waals surface area (Å²) in [5, 5.41) is 11.3. The summed E-state index contributed by atoms with van der Waals surface area (Å²) in [6.45, 7) is 4.02. The molecule has 1 aromatic heterocycles. The van der Waals surface area contributed by atoms with E-state index in [1.807, 2.05) is 62.4 Å². The third kappa shape index (κ3) is 4.54. The molecule has 3 rings (SSSR count). The predicted molar refractivity (Wildman–Crippen MR) is 101 cm³/mol. The fourth-order valence-electron chi connectivity index (χ4n) is 2.30. The van der Waals surface area contributed by atoms with Gasteiger partial charge in [0.25, 0.3) is 5.91 Å². The minimum absolute atomic E-state index is 0.158. The Morgan fingerprint density at radius 3 is 2.50 bits per heavy atom. The van der Waals surface area contributed by atoms with Gasteiger partial charge in [-0.3, -0.25) is 4.79 Å². The molecule has 0 unspecified atom stereocenters. The zero-order valence-electron chi connectivity index (χ0n) is 14.7. The summed E-state index contributed by atoms with van der Waals surface area (Å²) < 4.78 is 1.68. The molecule has 2 aromatic carbocycles. The molecular weight excluding hydrogens is 328 g/mol. The highest BCUT2D eigenvalue weighted by atomic mass is 16.2. The van der Waals surface area contributed by atoms with Crippen LogP contribution in [0.4, 0.5) is 5.69 Å². The first-order valence-electron chi connectivity index (χ1n) is 8.21. The average Bonchev–Trinajstić information content (AvgIpc) is 3.20. The van der Waals surface area contributed by atoms with E-state index in [0.29, 0.717) is 0 Å². The number of benzene rings is 2. The summed E-state index contributed by atoms with van der Waals surface area (Å²) in [7, 11) is 0. The van der Waals surface area contributed by atoms with Crippen LogP contribution in [-0.4, -0.2) is 32.9 Å². The van der Waals surface area contributed by atoms with Crippen LogP contribution < -0.4 is 10.7 Å². The van der Waals surface area contributed by atoms with Gasteiger partial charge in [0.2, 0.25) is 0 Å². The molecule has 0 fully saturated rings. The van der Waals surface area contributed by atoms with Crippen LogP contribution >= 0.6 is 0 Å². The van der Waals surface area contributed by atoms with E-state index in [4.69, 9.17) is 0 Å². The number of rotatable bonds is 6. The number of aromatic nitrogens is 3. The molecule has 132 valence electrons. The minimum atomic E-state index is -0.204. The van der Waals surface area contributed by atoms with Crippen LogP contribution in [0.5, 0.6) is 0 Å². The third-order valence-corrected chi connectivity index (χ3v) is 3.82. The van der Waals surface area contributed by atoms with Gasteiger partial charge in [-0.2, -0.15) is 10.2 Å². The van der Waals surface area contributed by atoms with E-state index in [-0.39, 0.29) is 12.5 Å². The summed E-state index contributed by atoms with van der Waals surface area (Å²) in [6, 6.07) is 15.5. The van der Waals surface area contributed by atoms with Gasteiger partial charge < -0.3 is 5.32 Å². The molecule has 0 saturated carbocycles. The van der Waals surface area contributed by atoms with Crippen LogP contribution in [0.15, 0.2) is 66.3 Å². The maximum Gasteiger partial charge on any atom is 0.259 e. The van der Waals surface area contributed by atoms with Crippen LogP contribution in [0.1, 0.15) is 18.1 Å². The highest BCUT2D eigenvalue weighted by Gasteiger charge is 2.03. The van der Waals surface area contributed by atoms with Gasteiger partial charge in [0.05, 0.1) is 17.9 Å². The number of anilines is 1. The number of nitrogens with zero attached hydrogens (tertiary/aromatic N) is 4. The van der Waals surface area contributed by atoms with Crippen LogP contribution in [0, 0.1) is 6.92 Å². The predicted octanol–water partition coefficient (Wildman–Crippen LogP) is 2.53. The molecule has 1 amide bonds. The van der Waals surface area contributed by atoms with Gasteiger partial charge in [-0.05, 0) is 43.7 Å². The lowest BCUT2D eigenvalue weighted by atomic mass is 10.1. The second kappa shape index (κ2) is 8.06. The summed E-state index contributed by atoms with van der Waals surface area (Å²) >= 11 is 0. The highest BCUT2D eigenvalue weighted by Crippen LogP contribution is 2.09. The molecule has 0 aliphatic heterocycles. The molecule has 2 N–H and O–H groups in total. The van der Waals surface area contributed by atoms with E-state index in [9.17, 15) is 4.79 Å². The first-order valence-corrected chi connectivity index (χ1v) is 8.21. The van der Waals surface area contributed by atoms with Crippen molar-refractivity contribution in [1.29, 1.82) is 0 Å². The van der Waals surface area contributed by atoms with Crippen molar-refractivity contribution in [1.82, 2.24) is 20.2 Å². The highest BCUT2D eigenvalue weighted by molar-refractivity contribution is 5.99. The molecule has 26 heavy (non-hydrogen) atoms. The second-order valence-corrected chi connectivity index (χ2v) is 5.84. The maximum absolute atomic E-state index is 11.9. The van der Waals surface area contributed by atoms with Crippen molar-refractivity contribution in [3.63, 3.8) is 0 Å². The van der Waals surface area contributed by atoms with Crippen molar-refractivity contribution in [3.8, 4) is 5.69 Å². The monoisotopic (exact) mass is 348 g/mol. The Morgan fingerprint density at radius 2 is 1.85 bits per heavy atom. The van der Waals surface area contributed by atoms with Gasteiger partial charge in [0.1, 0.15) is 12.7 Å². The SMILES string of the molecule is C/C(=N\NC(=O)CNc1ccc(C)cc1)c1ccc(-n2cncn2)cc1. The molecule has 3 aromatic rings. The van der Waals surface area contributed by atoms with Gasteiger partial charge in [0, 0.05) is 5.69 Å². The topological polar surface area (TPSA) is 84.2 Å². The number of nitrogens with one attached hydrogen (secondary N) is 2. The fourth-order valence-corrected chi connectivity index (χ4v) is 2.30. The second-order valence-electron chi connectivity index (χ2n) is 5.84. The van der Waals surface area contributed by atoms with Crippen molar-refractivity contribution in [3.05, 3.63) is 72.3 Å². The van der Waals surface area contributed by atoms with Crippen molar-refractivity contribution in [2.24, 2.45) is 5.10 Å². The van der Waals surface area contributed by atoms with Crippen LogP contribution in [0.2, 0.25) is 0 Å². The van der Waals surface area contributed by atoms with E-state index in [0.717, 1.165) is 22.6 Å². The summed E-state index contributed by atoms with van der Waals surface area (Å²) in [5.74, 6) is -0.204. The maximum atomic E-state index is 11.9. The Morgan fingerprint density at radius 1 is 1.12 bits per heavy atom. The number of carbonyl (C=O) groups excluding carboxylic acids is 1. The molecule has 0 aliphatic carbocycles. The lowest BCUT2D eigenvalue weighted by molar-refractivity contribution is -0.119. The molecule has 7 nitrogen and oxygen atoms in total. The van der Waals surface area contributed by atoms with Crippen molar-refractivity contribution < 1.29 is 4.79 Å². The van der Waals surface area contributed by atoms with Gasteiger partial charge in [-0.25, -0.2) is 15.1 Å². The lowest BCUT2D eigenvalue weighted by Crippen LogP contribution is -2.26. The van der Waals surface area contributed by atoms with Crippen LogP contribution in [0.3, 0.4) is 0 Å². The Balaban J connectivity index is 1.54. The standard InChI is InChI=1S/C19H20N6O/c1-14-3-7-17(8-4-14)21-11-19(26)24-23-15(2)16-5-9-18(10-6-16)25-13-20-12-22-25/h3-10,12-13,21H,11H2,1-2H3,(H,24,26)/b23-15+. The molecule has 0 bridgehead atoms. The molecule has 7 heteroatoms. The van der Waals surface area contributed by atoms with E-state index in [2.05, 4.69) is 25.9 Å². The molecular formula is C19H20N6O. The third-order valence-electron chi connectivity index (χ3n) is 3.82. The number of carbonyl (C=O) groups is 1. The zero-order chi connectivity index (χ0) is 18.4. The van der Waals surface area contributed by atoms with Gasteiger partial charge in [-0.1, -0.05) is 29.8 Å². The number of hydrogen-bond donors (Lipinski definition) is 2. The van der Waals surface area contributed by atoms with Crippen molar-refractivity contribution in [2.75, 3.05) is 11.9 Å². The molecule has 1 heterocycles. The summed E-state index contributed by atoms with van der Waals surface area (Å²) in [5.41, 5.74) is 7.18. The summed E-state index contributed by atoms with van der Waals surface area (Å²) in [6.07, 6.45) is 3.12. The van der Waals surface area contributed by atoms with E-state index >= 15 is 0 Å². The number of hydrogen-bond acceptors (Lipinski definition) is 5. The van der Waals surface area contributed by atoms with Crippen molar-refractivity contribution in [2.45, 2.75) is 13.8 Å². The van der Waals surface area contributed by atoms with Crippen LogP contribution in [0.25, 0.3) is 5.69 Å². The number of aryl methyl sites for hydroxylation is 1. The lowest BCUT2D eigenvalue weighted by Gasteiger charge is -2.07. The molecule has 0 spiro atoms. The molecule has 0 aliphatic rings. The van der Waals surface area contributed by atoms with E-state index in [1.54, 1.807) is 11.0 Å². The first kappa shape index (κ1) is 17.3. The quantitative estimate of drug-likeness (QED) is 0.530. The number of amides is 1. The van der Waals surface area contributed by atoms with Crippen LogP contribution in [-0.2, 0) is 4.79 Å². The Kier molecular flexibility index (Phi) is 5.38. The summed E-state index contributed by atoms with van der Waals surface area (Å²) in [4.78, 5) is 15.9. The van der Waals surface area contributed by atoms with Gasteiger partial charge in [0.15, 0.2) is 0 Å². The van der Waals surface area contributed by atoms with E-state index in [1.165, 1.54) is 11.9 Å². The minimum Gasteiger partial charge on any atom is -0.376 e. The smallest absolute Gasteiger partial charge is 0.259 e. The molecule has 0 saturated heterocycles. The Bertz CT molecular complexity index is 883. The van der Waals surface area contributed by atoms with Gasteiger partial charge in [-0.15, -0.1) is 0 Å². The number of hydrazone groups is 1.